The van der Waals surface area contributed by atoms with Crippen LogP contribution in [-0.4, -0.2) is 42.7 Å². The van der Waals surface area contributed by atoms with Crippen LogP contribution in [-0.2, 0) is 9.53 Å². The van der Waals surface area contributed by atoms with Crippen LogP contribution in [0.2, 0.25) is 5.02 Å². The van der Waals surface area contributed by atoms with Crippen LogP contribution in [0.3, 0.4) is 0 Å². The van der Waals surface area contributed by atoms with Crippen molar-refractivity contribution in [2.45, 2.75) is 45.1 Å². The summed E-state index contributed by atoms with van der Waals surface area (Å²) in [6.07, 6.45) is 5.64. The van der Waals surface area contributed by atoms with Crippen LogP contribution in [0.25, 0.3) is 11.1 Å². The average Bonchev–Trinajstić information content (AvgIpc) is 2.80. The highest BCUT2D eigenvalue weighted by Gasteiger charge is 2.30. The maximum atomic E-state index is 12.8. The third kappa shape index (κ3) is 6.00. The Morgan fingerprint density at radius 3 is 2.81 bits per heavy atom. The first-order chi connectivity index (χ1) is 15.4. The van der Waals surface area contributed by atoms with Crippen LogP contribution in [0.5, 0.6) is 0 Å². The summed E-state index contributed by atoms with van der Waals surface area (Å²) in [5, 5.41) is 10.5. The standard InChI is InChI=1S/C25H33ClN4O2/c1-25(2)9-6-19(15-29-25)24(31)30-23-13-21(22(26)16-28-23)18-4-3-5-20(12-18)27-14-17-7-10-32-11-8-17/h3-5,12-13,16-17,19,27,29H,6-11,14-15H2,1-2H3,(H,28,30,31). The van der Waals surface area contributed by atoms with Gasteiger partial charge in [0, 0.05) is 49.3 Å². The van der Waals surface area contributed by atoms with Crippen molar-refractivity contribution in [3.05, 3.63) is 41.6 Å². The Bertz CT molecular complexity index is 933. The van der Waals surface area contributed by atoms with E-state index in [1.165, 1.54) is 0 Å². The molecular weight excluding hydrogens is 424 g/mol. The Morgan fingerprint density at radius 2 is 2.06 bits per heavy atom. The lowest BCUT2D eigenvalue weighted by atomic mass is 9.86. The number of carbonyl (C=O) groups is 1. The maximum Gasteiger partial charge on any atom is 0.229 e. The van der Waals surface area contributed by atoms with Crippen LogP contribution in [0.15, 0.2) is 36.5 Å². The monoisotopic (exact) mass is 456 g/mol. The fourth-order valence-corrected chi connectivity index (χ4v) is 4.53. The molecule has 0 aliphatic carbocycles. The van der Waals surface area contributed by atoms with Crippen molar-refractivity contribution in [2.24, 2.45) is 11.8 Å². The van der Waals surface area contributed by atoms with Gasteiger partial charge in [-0.05, 0) is 69.2 Å². The summed E-state index contributed by atoms with van der Waals surface area (Å²) in [6, 6.07) is 10.1. The molecule has 3 N–H and O–H groups in total. The molecule has 0 radical (unpaired) electrons. The first kappa shape index (κ1) is 23.0. The van der Waals surface area contributed by atoms with Gasteiger partial charge >= 0.3 is 0 Å². The van der Waals surface area contributed by atoms with Crippen LogP contribution in [0.4, 0.5) is 11.5 Å². The first-order valence-electron chi connectivity index (χ1n) is 11.5. The minimum atomic E-state index is -0.0540. The van der Waals surface area contributed by atoms with E-state index in [0.29, 0.717) is 23.3 Å². The fourth-order valence-electron chi connectivity index (χ4n) is 4.31. The van der Waals surface area contributed by atoms with Gasteiger partial charge in [-0.2, -0.15) is 0 Å². The van der Waals surface area contributed by atoms with Gasteiger partial charge in [-0.1, -0.05) is 23.7 Å². The van der Waals surface area contributed by atoms with Crippen LogP contribution < -0.4 is 16.0 Å². The Labute approximate surface area is 195 Å². The topological polar surface area (TPSA) is 75.3 Å². The molecule has 6 nitrogen and oxygen atoms in total. The van der Waals surface area contributed by atoms with E-state index < -0.39 is 0 Å². The highest BCUT2D eigenvalue weighted by atomic mass is 35.5. The van der Waals surface area contributed by atoms with Gasteiger partial charge in [0.25, 0.3) is 0 Å². The number of aromatic nitrogens is 1. The molecule has 1 aromatic heterocycles. The molecule has 2 aliphatic heterocycles. The summed E-state index contributed by atoms with van der Waals surface area (Å²) in [7, 11) is 0. The zero-order valence-corrected chi connectivity index (χ0v) is 19.7. The number of anilines is 2. The van der Waals surface area contributed by atoms with Crippen molar-refractivity contribution in [2.75, 3.05) is 36.9 Å². The SMILES string of the molecule is CC1(C)CCC(C(=O)Nc2cc(-c3cccc(NCC4CCOCC4)c3)c(Cl)cn2)CN1. The van der Waals surface area contributed by atoms with Crippen LogP contribution >= 0.6 is 11.6 Å². The summed E-state index contributed by atoms with van der Waals surface area (Å²) in [6.45, 7) is 7.65. The van der Waals surface area contributed by atoms with Gasteiger partial charge in [0.2, 0.25) is 5.91 Å². The number of rotatable bonds is 6. The van der Waals surface area contributed by atoms with Crippen LogP contribution in [0, 0.1) is 11.8 Å². The molecule has 0 saturated carbocycles. The van der Waals surface area contributed by atoms with Gasteiger partial charge in [-0.3, -0.25) is 4.79 Å². The van der Waals surface area contributed by atoms with Gasteiger partial charge in [-0.25, -0.2) is 4.98 Å². The van der Waals surface area contributed by atoms with Gasteiger partial charge in [0.05, 0.1) is 10.9 Å². The van der Waals surface area contributed by atoms with E-state index in [1.54, 1.807) is 6.20 Å². The predicted molar refractivity (Wildman–Crippen MR) is 130 cm³/mol. The van der Waals surface area contributed by atoms with Gasteiger partial charge < -0.3 is 20.7 Å². The number of ether oxygens (including phenoxy) is 1. The van der Waals surface area contributed by atoms with E-state index in [-0.39, 0.29) is 17.4 Å². The van der Waals surface area contributed by atoms with E-state index in [1.807, 2.05) is 18.2 Å². The number of amides is 1. The maximum absolute atomic E-state index is 12.8. The first-order valence-corrected chi connectivity index (χ1v) is 11.9. The second-order valence-corrected chi connectivity index (χ2v) is 9.96. The number of halogens is 1. The predicted octanol–water partition coefficient (Wildman–Crippen LogP) is 4.96. The molecule has 1 aromatic carbocycles. The second-order valence-electron chi connectivity index (χ2n) is 9.56. The Morgan fingerprint density at radius 1 is 1.25 bits per heavy atom. The largest absolute Gasteiger partial charge is 0.385 e. The molecule has 1 atom stereocenters. The number of nitrogens with zero attached hydrogens (tertiary/aromatic N) is 1. The summed E-state index contributed by atoms with van der Waals surface area (Å²) in [5.74, 6) is 1.11. The third-order valence-electron chi connectivity index (χ3n) is 6.53. The van der Waals surface area contributed by atoms with E-state index in [2.05, 4.69) is 46.9 Å². The molecule has 4 rings (SSSR count). The number of hydrogen-bond donors (Lipinski definition) is 3. The average molecular weight is 457 g/mol. The van der Waals surface area contributed by atoms with E-state index >= 15 is 0 Å². The summed E-state index contributed by atoms with van der Waals surface area (Å²) in [4.78, 5) is 17.1. The van der Waals surface area contributed by atoms with Crippen molar-refractivity contribution in [1.82, 2.24) is 10.3 Å². The number of nitrogens with one attached hydrogen (secondary N) is 3. The van der Waals surface area contributed by atoms with Crippen molar-refractivity contribution < 1.29 is 9.53 Å². The summed E-state index contributed by atoms with van der Waals surface area (Å²) in [5.41, 5.74) is 3.00. The Balaban J connectivity index is 1.42. The third-order valence-corrected chi connectivity index (χ3v) is 6.83. The Kier molecular flexibility index (Phi) is 7.33. The molecule has 1 unspecified atom stereocenters. The van der Waals surface area contributed by atoms with Crippen molar-refractivity contribution >= 4 is 29.0 Å². The number of pyridine rings is 1. The number of piperidine rings is 1. The van der Waals surface area contributed by atoms with Gasteiger partial charge in [0.1, 0.15) is 5.82 Å². The summed E-state index contributed by atoms with van der Waals surface area (Å²) >= 11 is 6.48. The van der Waals surface area contributed by atoms with Crippen LogP contribution in [0.1, 0.15) is 39.5 Å². The molecule has 32 heavy (non-hydrogen) atoms. The number of benzene rings is 1. The van der Waals surface area contributed by atoms with Crippen molar-refractivity contribution in [1.29, 1.82) is 0 Å². The normalized spacial score (nSPS) is 21.2. The highest BCUT2D eigenvalue weighted by molar-refractivity contribution is 6.33. The quantitative estimate of drug-likeness (QED) is 0.573. The van der Waals surface area contributed by atoms with Crippen molar-refractivity contribution in [3.63, 3.8) is 0 Å². The molecule has 2 saturated heterocycles. The zero-order chi connectivity index (χ0) is 22.6. The molecule has 2 aliphatic rings. The minimum Gasteiger partial charge on any atom is -0.385 e. The molecule has 0 spiro atoms. The second kappa shape index (κ2) is 10.2. The Hall–Kier alpha value is -2.15. The lowest BCUT2D eigenvalue weighted by molar-refractivity contribution is -0.120. The lowest BCUT2D eigenvalue weighted by Gasteiger charge is -2.35. The van der Waals surface area contributed by atoms with E-state index in [4.69, 9.17) is 16.3 Å². The highest BCUT2D eigenvalue weighted by Crippen LogP contribution is 2.31. The molecule has 0 bridgehead atoms. The zero-order valence-electron chi connectivity index (χ0n) is 18.9. The molecule has 3 heterocycles. The molecule has 2 aromatic rings. The fraction of sp³-hybridized carbons (Fsp3) is 0.520. The van der Waals surface area contributed by atoms with Gasteiger partial charge in [0.15, 0.2) is 0 Å². The van der Waals surface area contributed by atoms with Crippen molar-refractivity contribution in [3.8, 4) is 11.1 Å². The smallest absolute Gasteiger partial charge is 0.229 e. The lowest BCUT2D eigenvalue weighted by Crippen LogP contribution is -2.49. The number of carbonyl (C=O) groups excluding carboxylic acids is 1. The molecular formula is C25H33ClN4O2. The molecule has 1 amide bonds. The van der Waals surface area contributed by atoms with E-state index in [9.17, 15) is 4.79 Å². The molecule has 2 fully saturated rings. The molecule has 7 heteroatoms. The van der Waals surface area contributed by atoms with Gasteiger partial charge in [-0.15, -0.1) is 0 Å². The summed E-state index contributed by atoms with van der Waals surface area (Å²) < 4.78 is 5.45. The number of hydrogen-bond acceptors (Lipinski definition) is 5. The molecule has 172 valence electrons. The minimum absolute atomic E-state index is 0.000603. The van der Waals surface area contributed by atoms with E-state index in [0.717, 1.165) is 62.3 Å².